The predicted molar refractivity (Wildman–Crippen MR) is 59.3 cm³/mol. The summed E-state index contributed by atoms with van der Waals surface area (Å²) in [6, 6.07) is 6.10. The molecule has 15 heavy (non-hydrogen) atoms. The van der Waals surface area contributed by atoms with Gasteiger partial charge >= 0.3 is 0 Å². The molecule has 0 amide bonds. The summed E-state index contributed by atoms with van der Waals surface area (Å²) >= 11 is 0. The lowest BCUT2D eigenvalue weighted by atomic mass is 10.1. The minimum absolute atomic E-state index is 0.0591. The van der Waals surface area contributed by atoms with Gasteiger partial charge in [0.25, 0.3) is 0 Å². The van der Waals surface area contributed by atoms with Crippen LogP contribution in [-0.2, 0) is 4.74 Å². The highest BCUT2D eigenvalue weighted by Gasteiger charge is 1.96. The number of rotatable bonds is 6. The number of hydrogen-bond donors (Lipinski definition) is 1. The molecule has 0 aliphatic carbocycles. The van der Waals surface area contributed by atoms with E-state index >= 15 is 0 Å². The number of aryl methyl sites for hydroxylation is 2. The average molecular weight is 210 g/mol. The van der Waals surface area contributed by atoms with Gasteiger partial charge in [-0.3, -0.25) is 0 Å². The smallest absolute Gasteiger partial charge is 0.119 e. The van der Waals surface area contributed by atoms with E-state index in [-0.39, 0.29) is 6.61 Å². The zero-order valence-corrected chi connectivity index (χ0v) is 9.32. The van der Waals surface area contributed by atoms with Crippen LogP contribution in [0, 0.1) is 13.8 Å². The summed E-state index contributed by atoms with van der Waals surface area (Å²) in [5.74, 6) is 0.875. The maximum absolute atomic E-state index is 8.49. The molecule has 1 aromatic rings. The van der Waals surface area contributed by atoms with Crippen LogP contribution in [0.3, 0.4) is 0 Å². The van der Waals surface area contributed by atoms with Gasteiger partial charge in [0.05, 0.1) is 19.8 Å². The molecule has 0 fully saturated rings. The fraction of sp³-hybridized carbons (Fsp3) is 0.500. The number of aliphatic hydroxyl groups is 1. The van der Waals surface area contributed by atoms with Crippen LogP contribution < -0.4 is 4.74 Å². The van der Waals surface area contributed by atoms with E-state index in [0.717, 1.165) is 5.75 Å². The summed E-state index contributed by atoms with van der Waals surface area (Å²) in [6.07, 6.45) is 0. The predicted octanol–water partition coefficient (Wildman–Crippen LogP) is 1.69. The Balaban J connectivity index is 2.31. The van der Waals surface area contributed by atoms with Crippen molar-refractivity contribution in [3.8, 4) is 5.75 Å². The van der Waals surface area contributed by atoms with Gasteiger partial charge in [0.15, 0.2) is 0 Å². The van der Waals surface area contributed by atoms with Crippen LogP contribution >= 0.6 is 0 Å². The minimum atomic E-state index is 0.0591. The number of ether oxygens (including phenoxy) is 2. The first-order chi connectivity index (χ1) is 7.22. The van der Waals surface area contributed by atoms with E-state index in [0.29, 0.717) is 19.8 Å². The lowest BCUT2D eigenvalue weighted by molar-refractivity contribution is 0.0705. The molecule has 0 atom stereocenters. The van der Waals surface area contributed by atoms with Gasteiger partial charge in [-0.25, -0.2) is 0 Å². The molecule has 0 unspecified atom stereocenters. The lowest BCUT2D eigenvalue weighted by Crippen LogP contribution is -2.09. The molecule has 0 saturated heterocycles. The molecule has 3 nitrogen and oxygen atoms in total. The van der Waals surface area contributed by atoms with Crippen molar-refractivity contribution in [3.63, 3.8) is 0 Å². The Morgan fingerprint density at radius 2 is 1.67 bits per heavy atom. The summed E-state index contributed by atoms with van der Waals surface area (Å²) in [6.45, 7) is 5.54. The fourth-order valence-electron chi connectivity index (χ4n) is 1.40. The van der Waals surface area contributed by atoms with Gasteiger partial charge in [-0.2, -0.15) is 0 Å². The van der Waals surface area contributed by atoms with Crippen molar-refractivity contribution in [1.29, 1.82) is 0 Å². The molecule has 84 valence electrons. The zero-order chi connectivity index (χ0) is 11.1. The Morgan fingerprint density at radius 1 is 1.00 bits per heavy atom. The van der Waals surface area contributed by atoms with Crippen molar-refractivity contribution in [3.05, 3.63) is 29.3 Å². The van der Waals surface area contributed by atoms with E-state index in [9.17, 15) is 0 Å². The van der Waals surface area contributed by atoms with E-state index in [1.54, 1.807) is 0 Å². The van der Waals surface area contributed by atoms with Crippen molar-refractivity contribution in [2.75, 3.05) is 26.4 Å². The van der Waals surface area contributed by atoms with Crippen molar-refractivity contribution in [1.82, 2.24) is 0 Å². The van der Waals surface area contributed by atoms with E-state index in [4.69, 9.17) is 14.6 Å². The van der Waals surface area contributed by atoms with Gasteiger partial charge in [0.2, 0.25) is 0 Å². The normalized spacial score (nSPS) is 10.3. The highest BCUT2D eigenvalue weighted by atomic mass is 16.5. The first kappa shape index (κ1) is 12.0. The monoisotopic (exact) mass is 210 g/mol. The van der Waals surface area contributed by atoms with Crippen LogP contribution in [0.15, 0.2) is 18.2 Å². The highest BCUT2D eigenvalue weighted by Crippen LogP contribution is 2.15. The molecule has 0 heterocycles. The number of benzene rings is 1. The molecule has 0 aromatic heterocycles. The summed E-state index contributed by atoms with van der Waals surface area (Å²) < 4.78 is 10.6. The van der Waals surface area contributed by atoms with Gasteiger partial charge in [-0.15, -0.1) is 0 Å². The molecule has 0 aliphatic heterocycles. The molecule has 0 bridgehead atoms. The fourth-order valence-corrected chi connectivity index (χ4v) is 1.40. The van der Waals surface area contributed by atoms with Crippen LogP contribution in [0.2, 0.25) is 0 Å². The summed E-state index contributed by atoms with van der Waals surface area (Å²) in [4.78, 5) is 0. The van der Waals surface area contributed by atoms with Gasteiger partial charge in [-0.05, 0) is 37.1 Å². The van der Waals surface area contributed by atoms with Crippen LogP contribution in [0.25, 0.3) is 0 Å². The van der Waals surface area contributed by atoms with Crippen molar-refractivity contribution < 1.29 is 14.6 Å². The summed E-state index contributed by atoms with van der Waals surface area (Å²) in [5, 5.41) is 8.49. The Hall–Kier alpha value is -1.06. The summed E-state index contributed by atoms with van der Waals surface area (Å²) in [7, 11) is 0. The largest absolute Gasteiger partial charge is 0.491 e. The van der Waals surface area contributed by atoms with E-state index in [1.165, 1.54) is 11.1 Å². The number of hydrogen-bond acceptors (Lipinski definition) is 3. The molecule has 1 N–H and O–H groups in total. The third-order valence-electron chi connectivity index (χ3n) is 1.93. The summed E-state index contributed by atoms with van der Waals surface area (Å²) in [5.41, 5.74) is 2.39. The Labute approximate surface area is 90.6 Å². The van der Waals surface area contributed by atoms with Crippen molar-refractivity contribution >= 4 is 0 Å². The third-order valence-corrected chi connectivity index (χ3v) is 1.93. The molecule has 0 radical (unpaired) electrons. The van der Waals surface area contributed by atoms with Gasteiger partial charge in [0, 0.05) is 0 Å². The van der Waals surface area contributed by atoms with Crippen LogP contribution in [0.4, 0.5) is 0 Å². The molecule has 3 heteroatoms. The van der Waals surface area contributed by atoms with Gasteiger partial charge in [0.1, 0.15) is 12.4 Å². The molecule has 0 spiro atoms. The molecule has 1 aromatic carbocycles. The van der Waals surface area contributed by atoms with Crippen molar-refractivity contribution in [2.45, 2.75) is 13.8 Å². The maximum atomic E-state index is 8.49. The van der Waals surface area contributed by atoms with Crippen LogP contribution in [0.5, 0.6) is 5.75 Å². The first-order valence-corrected chi connectivity index (χ1v) is 5.12. The Bertz CT molecular complexity index is 277. The van der Waals surface area contributed by atoms with Crippen LogP contribution in [0.1, 0.15) is 11.1 Å². The SMILES string of the molecule is Cc1cc(C)cc(OCCOCCO)c1. The van der Waals surface area contributed by atoms with Crippen LogP contribution in [-0.4, -0.2) is 31.5 Å². The topological polar surface area (TPSA) is 38.7 Å². The Morgan fingerprint density at radius 3 is 2.27 bits per heavy atom. The van der Waals surface area contributed by atoms with Crippen molar-refractivity contribution in [2.24, 2.45) is 0 Å². The minimum Gasteiger partial charge on any atom is -0.491 e. The van der Waals surface area contributed by atoms with E-state index in [1.807, 2.05) is 26.0 Å². The zero-order valence-electron chi connectivity index (χ0n) is 9.32. The molecule has 1 rings (SSSR count). The standard InChI is InChI=1S/C12H18O3/c1-10-7-11(2)9-12(8-10)15-6-5-14-4-3-13/h7-9,13H,3-6H2,1-2H3. The highest BCUT2D eigenvalue weighted by molar-refractivity contribution is 5.32. The second kappa shape index (κ2) is 6.43. The average Bonchev–Trinajstić information content (AvgIpc) is 2.16. The second-order valence-electron chi connectivity index (χ2n) is 3.51. The quantitative estimate of drug-likeness (QED) is 0.726. The van der Waals surface area contributed by atoms with Gasteiger partial charge < -0.3 is 14.6 Å². The Kier molecular flexibility index (Phi) is 5.15. The van der Waals surface area contributed by atoms with E-state index < -0.39 is 0 Å². The molecule has 0 aliphatic rings. The third kappa shape index (κ3) is 4.81. The van der Waals surface area contributed by atoms with E-state index in [2.05, 4.69) is 6.07 Å². The molecular weight excluding hydrogens is 192 g/mol. The molecular formula is C12H18O3. The maximum Gasteiger partial charge on any atom is 0.119 e. The second-order valence-corrected chi connectivity index (χ2v) is 3.51. The molecule has 0 saturated carbocycles. The first-order valence-electron chi connectivity index (χ1n) is 5.12. The number of aliphatic hydroxyl groups excluding tert-OH is 1. The lowest BCUT2D eigenvalue weighted by Gasteiger charge is -2.08. The van der Waals surface area contributed by atoms with Gasteiger partial charge in [-0.1, -0.05) is 6.07 Å².